The van der Waals surface area contributed by atoms with Crippen LogP contribution in [0.4, 0.5) is 56.1 Å². The summed E-state index contributed by atoms with van der Waals surface area (Å²) in [6, 6.07) is 28.6. The van der Waals surface area contributed by atoms with Crippen molar-refractivity contribution in [2.45, 2.75) is 153 Å². The molecule has 8 unspecified atom stereocenters. The molecule has 4 aromatic carbocycles. The van der Waals surface area contributed by atoms with E-state index >= 15 is 9.59 Å². The van der Waals surface area contributed by atoms with Gasteiger partial charge in [0.1, 0.15) is 0 Å². The number of amides is 6. The van der Waals surface area contributed by atoms with Gasteiger partial charge >= 0.3 is 12.1 Å². The molecule has 4 bridgehead atoms. The third-order valence-corrected chi connectivity index (χ3v) is 21.1. The van der Waals surface area contributed by atoms with E-state index in [0.717, 1.165) is 84.1 Å². The van der Waals surface area contributed by atoms with E-state index in [2.05, 4.69) is 74.7 Å². The van der Waals surface area contributed by atoms with E-state index in [1.807, 2.05) is 34.1 Å². The summed E-state index contributed by atoms with van der Waals surface area (Å²) in [4.78, 5) is 108. The van der Waals surface area contributed by atoms with E-state index in [9.17, 15) is 9.59 Å². The first-order valence-corrected chi connectivity index (χ1v) is 34.8. The van der Waals surface area contributed by atoms with Crippen LogP contribution in [0.25, 0.3) is 22.8 Å². The zero-order chi connectivity index (χ0) is 65.0. The van der Waals surface area contributed by atoms with E-state index in [1.54, 1.807) is 72.8 Å². The zero-order valence-electron chi connectivity index (χ0n) is 55.3. The number of hydrazine groups is 1. The Bertz CT molecular complexity index is 3730. The average Bonchev–Trinajstić information content (AvgIpc) is 1.80. The van der Waals surface area contributed by atoms with Crippen LogP contribution in [0.5, 0.6) is 0 Å². The van der Waals surface area contributed by atoms with Gasteiger partial charge in [-0.05, 0) is 196 Å². The summed E-state index contributed by atoms with van der Waals surface area (Å²) in [6.45, 7) is 20.6. The first-order chi connectivity index (χ1) is 46.2. The van der Waals surface area contributed by atoms with Gasteiger partial charge in [-0.2, -0.15) is 39.9 Å². The van der Waals surface area contributed by atoms with Gasteiger partial charge in [-0.25, -0.2) is 9.59 Å². The molecule has 9 fully saturated rings. The minimum Gasteiger partial charge on any atom is -0.371 e. The number of carbonyl (C=O) groups excluding carboxylic acids is 4. The van der Waals surface area contributed by atoms with Gasteiger partial charge in [0.15, 0.2) is 11.6 Å². The Balaban J connectivity index is 0.798. The van der Waals surface area contributed by atoms with Crippen LogP contribution < -0.4 is 40.3 Å². The van der Waals surface area contributed by atoms with Gasteiger partial charge in [0, 0.05) is 142 Å². The lowest BCUT2D eigenvalue weighted by Crippen LogP contribution is -2.54. The molecule has 1 saturated carbocycles. The maximum absolute atomic E-state index is 15.7. The Kier molecular flexibility index (Phi) is 17.5. The first-order valence-electron chi connectivity index (χ1n) is 34.8. The van der Waals surface area contributed by atoms with Crippen LogP contribution in [0.15, 0.2) is 97.1 Å². The summed E-state index contributed by atoms with van der Waals surface area (Å²) in [5.74, 6) is 3.25. The normalized spacial score (nSPS) is 25.3. The van der Waals surface area contributed by atoms with Crippen molar-refractivity contribution in [1.29, 1.82) is 0 Å². The van der Waals surface area contributed by atoms with Crippen molar-refractivity contribution in [3.8, 4) is 22.8 Å². The molecular formula is C71H88N18O6. The van der Waals surface area contributed by atoms with E-state index in [-0.39, 0.29) is 60.4 Å². The van der Waals surface area contributed by atoms with Gasteiger partial charge in [0.05, 0.1) is 35.8 Å². The van der Waals surface area contributed by atoms with Gasteiger partial charge in [0.2, 0.25) is 23.8 Å². The number of urea groups is 2. The minimum atomic E-state index is -0.682. The van der Waals surface area contributed by atoms with Crippen molar-refractivity contribution in [3.05, 3.63) is 108 Å². The quantitative estimate of drug-likeness (QED) is 0.0970. The SMILES string of the molecule is CCN1CCN(C(=O)c2ccc(NC(=O)N(c3ccc(-c4nc(N5CC6CCC(C5)O6)nc(N5C(C)CCC5C)n4)cc3)N(C(=O)Nc3ccc(C(=O)N4CCN(C5CC5)CC4)cc3)c3ccc(-c4nc(N5CC6CCC(C5)O6)nc(N5C(C)CCC5C)n4)cc3)cc2)CC1. The molecular weight excluding hydrogens is 1200 g/mol. The largest absolute Gasteiger partial charge is 0.371 e. The van der Waals surface area contributed by atoms with E-state index < -0.39 is 12.1 Å². The Hall–Kier alpha value is -8.58. The molecule has 0 radical (unpaired) electrons. The fraction of sp³-hybridized carbons (Fsp3) is 0.521. The Morgan fingerprint density at radius 3 is 1.15 bits per heavy atom. The van der Waals surface area contributed by atoms with Gasteiger partial charge in [-0.3, -0.25) is 14.5 Å². The molecule has 1 aliphatic carbocycles. The summed E-state index contributed by atoms with van der Waals surface area (Å²) >= 11 is 0. The number of fused-ring (bicyclic) bond motifs is 4. The summed E-state index contributed by atoms with van der Waals surface area (Å²) < 4.78 is 12.5. The Labute approximate surface area is 555 Å². The highest BCUT2D eigenvalue weighted by Gasteiger charge is 2.40. The number of piperazine rings is 2. The average molecular weight is 1290 g/mol. The summed E-state index contributed by atoms with van der Waals surface area (Å²) in [7, 11) is 0. The molecule has 8 saturated heterocycles. The predicted molar refractivity (Wildman–Crippen MR) is 366 cm³/mol. The summed E-state index contributed by atoms with van der Waals surface area (Å²) in [5.41, 5.74) is 3.85. The van der Waals surface area contributed by atoms with Crippen molar-refractivity contribution >= 4 is 70.4 Å². The molecule has 95 heavy (non-hydrogen) atoms. The smallest absolute Gasteiger partial charge is 0.345 e. The number of morpholine rings is 2. The first kappa shape index (κ1) is 62.5. The second kappa shape index (κ2) is 26.6. The fourth-order valence-electron chi connectivity index (χ4n) is 15.5. The maximum Gasteiger partial charge on any atom is 0.345 e. The molecule has 2 N–H and O–H groups in total. The lowest BCUT2D eigenvalue weighted by molar-refractivity contribution is 0.0297. The molecule has 9 aliphatic rings. The standard InChI is InChI=1S/C71H88N18O6/c1-6-80-33-35-82(36-34-80)64(90)51-11-19-53(20-12-51)72-70(92)88(56-23-15-49(16-24-56)62-74-66(84-41-58-29-30-59(42-84)94-58)78-68(76-62)86-45(2)7-8-46(86)3)89(71(93)73-54-21-13-52(14-22-54)65(91)83-39-37-81(38-40-83)55-27-28-55)57-25-17-50(18-26-57)63-75-67(85-43-60-31-32-61(44-85)95-60)79-69(77-63)87-47(4)9-10-48(87)5/h11-26,45-48,55,58-61H,6-10,27-44H2,1-5H3,(H,72,92)(H,73,93). The number of nitrogens with one attached hydrogen (secondary N) is 2. The monoisotopic (exact) mass is 1290 g/mol. The molecule has 15 rings (SSSR count). The molecule has 8 aliphatic heterocycles. The van der Waals surface area contributed by atoms with Crippen LogP contribution in [0.1, 0.15) is 120 Å². The number of likely N-dealkylation sites (N-methyl/N-ethyl adjacent to an activating group) is 1. The lowest BCUT2D eigenvalue weighted by atomic mass is 10.1. The molecule has 10 heterocycles. The van der Waals surface area contributed by atoms with E-state index in [4.69, 9.17) is 39.4 Å². The number of aromatic nitrogens is 6. The van der Waals surface area contributed by atoms with Crippen molar-refractivity contribution in [2.24, 2.45) is 0 Å². The Morgan fingerprint density at radius 1 is 0.432 bits per heavy atom. The number of ether oxygens (including phenoxy) is 2. The molecule has 498 valence electrons. The van der Waals surface area contributed by atoms with Gasteiger partial charge in [0.25, 0.3) is 11.8 Å². The lowest BCUT2D eigenvalue weighted by Gasteiger charge is -2.35. The van der Waals surface area contributed by atoms with Crippen LogP contribution >= 0.6 is 0 Å². The van der Waals surface area contributed by atoms with Gasteiger partial charge < -0.3 is 54.4 Å². The minimum absolute atomic E-state index is 0.0600. The van der Waals surface area contributed by atoms with Crippen LogP contribution in [-0.2, 0) is 9.47 Å². The number of rotatable bonds is 14. The number of anilines is 8. The molecule has 6 amide bonds. The number of hydrogen-bond donors (Lipinski definition) is 2. The van der Waals surface area contributed by atoms with Crippen molar-refractivity contribution in [3.63, 3.8) is 0 Å². The molecule has 6 aromatic rings. The van der Waals surface area contributed by atoms with Crippen molar-refractivity contribution < 1.29 is 28.7 Å². The molecule has 8 atom stereocenters. The molecule has 0 spiro atoms. The van der Waals surface area contributed by atoms with Crippen molar-refractivity contribution in [1.82, 2.24) is 49.5 Å². The summed E-state index contributed by atoms with van der Waals surface area (Å²) in [6.07, 6.45) is 11.0. The fourth-order valence-corrected chi connectivity index (χ4v) is 15.5. The maximum atomic E-state index is 15.7. The van der Waals surface area contributed by atoms with Crippen LogP contribution in [0.2, 0.25) is 0 Å². The van der Waals surface area contributed by atoms with Gasteiger partial charge in [-0.1, -0.05) is 6.92 Å². The summed E-state index contributed by atoms with van der Waals surface area (Å²) in [5, 5.41) is 8.81. The molecule has 2 aromatic heterocycles. The van der Waals surface area contributed by atoms with E-state index in [0.29, 0.717) is 139 Å². The molecule has 24 nitrogen and oxygen atoms in total. The van der Waals surface area contributed by atoms with Crippen LogP contribution in [-0.4, -0.2) is 213 Å². The van der Waals surface area contributed by atoms with Crippen LogP contribution in [0.3, 0.4) is 0 Å². The topological polar surface area (TPSA) is 221 Å². The highest BCUT2D eigenvalue weighted by molar-refractivity contribution is 6.13. The second-order valence-corrected chi connectivity index (χ2v) is 27.6. The van der Waals surface area contributed by atoms with Crippen molar-refractivity contribution in [2.75, 3.05) is 125 Å². The molecule has 24 heteroatoms. The number of hydrogen-bond acceptors (Lipinski definition) is 18. The number of carbonyl (C=O) groups is 4. The van der Waals surface area contributed by atoms with E-state index in [1.165, 1.54) is 22.9 Å². The van der Waals surface area contributed by atoms with Crippen LogP contribution in [0, 0.1) is 0 Å². The highest BCUT2D eigenvalue weighted by Crippen LogP contribution is 2.38. The zero-order valence-corrected chi connectivity index (χ0v) is 55.3. The highest BCUT2D eigenvalue weighted by atomic mass is 16.5. The third-order valence-electron chi connectivity index (χ3n) is 21.1. The van der Waals surface area contributed by atoms with Gasteiger partial charge in [-0.15, -0.1) is 0 Å². The number of benzene rings is 4. The predicted octanol–water partition coefficient (Wildman–Crippen LogP) is 9.27. The second-order valence-electron chi connectivity index (χ2n) is 27.6. The number of nitrogens with zero attached hydrogens (tertiary/aromatic N) is 16. The Morgan fingerprint density at radius 2 is 0.789 bits per heavy atom. The third kappa shape index (κ3) is 13.2.